The number of aromatic nitrogens is 1. The molecule has 17 heavy (non-hydrogen) atoms. The summed E-state index contributed by atoms with van der Waals surface area (Å²) in [5.41, 5.74) is 1.75. The van der Waals surface area contributed by atoms with Crippen LogP contribution in [0.15, 0.2) is 6.07 Å². The Hall–Kier alpha value is -1.58. The van der Waals surface area contributed by atoms with Crippen LogP contribution in [0.2, 0.25) is 0 Å². The molecule has 0 aliphatic heterocycles. The van der Waals surface area contributed by atoms with Crippen LogP contribution < -0.4 is 4.74 Å². The number of carboxylic acid groups (broad SMARTS) is 1. The van der Waals surface area contributed by atoms with E-state index in [4.69, 9.17) is 4.74 Å². The van der Waals surface area contributed by atoms with Gasteiger partial charge in [-0.2, -0.15) is 0 Å². The van der Waals surface area contributed by atoms with Gasteiger partial charge in [-0.05, 0) is 51.7 Å². The number of rotatable bonds is 2. The summed E-state index contributed by atoms with van der Waals surface area (Å²) in [6, 6.07) is 1.71. The molecule has 4 heteroatoms. The fourth-order valence-corrected chi connectivity index (χ4v) is 1.97. The van der Waals surface area contributed by atoms with E-state index in [1.165, 1.54) is 0 Å². The summed E-state index contributed by atoms with van der Waals surface area (Å²) in [5, 5.41) is 9.17. The van der Waals surface area contributed by atoms with Crippen molar-refractivity contribution >= 4 is 5.97 Å². The van der Waals surface area contributed by atoms with Gasteiger partial charge in [-0.15, -0.1) is 0 Å². The molecule has 1 aliphatic carbocycles. The van der Waals surface area contributed by atoms with E-state index >= 15 is 0 Å². The zero-order chi connectivity index (χ0) is 12.6. The van der Waals surface area contributed by atoms with Crippen LogP contribution in [0.3, 0.4) is 0 Å². The summed E-state index contributed by atoms with van der Waals surface area (Å²) in [5.74, 6) is -0.739. The minimum Gasteiger partial charge on any atom is -0.477 e. The molecule has 1 aromatic heterocycles. The number of ether oxygens (including phenoxy) is 1. The van der Waals surface area contributed by atoms with Crippen LogP contribution >= 0.6 is 0 Å². The van der Waals surface area contributed by atoms with Gasteiger partial charge in [-0.1, -0.05) is 0 Å². The van der Waals surface area contributed by atoms with Crippen LogP contribution in [0, 0.1) is 0 Å². The number of aryl methyl sites for hydroxylation is 2. The molecule has 92 valence electrons. The molecule has 1 heterocycles. The maximum absolute atomic E-state index is 11.2. The van der Waals surface area contributed by atoms with Crippen LogP contribution in [0.25, 0.3) is 0 Å². The van der Waals surface area contributed by atoms with Crippen LogP contribution in [-0.2, 0) is 12.8 Å². The molecule has 0 saturated carbocycles. The van der Waals surface area contributed by atoms with Crippen molar-refractivity contribution in [3.63, 3.8) is 0 Å². The Morgan fingerprint density at radius 3 is 2.71 bits per heavy atom. The Labute approximate surface area is 101 Å². The lowest BCUT2D eigenvalue weighted by molar-refractivity contribution is 0.0677. The molecule has 0 unspecified atom stereocenters. The predicted octanol–water partition coefficient (Wildman–Crippen LogP) is 2.45. The van der Waals surface area contributed by atoms with Crippen LogP contribution in [0.1, 0.15) is 48.8 Å². The summed E-state index contributed by atoms with van der Waals surface area (Å²) >= 11 is 0. The quantitative estimate of drug-likeness (QED) is 0.855. The number of hydrogen-bond donors (Lipinski definition) is 1. The zero-order valence-electron chi connectivity index (χ0n) is 10.4. The topological polar surface area (TPSA) is 59.4 Å². The molecule has 0 aromatic carbocycles. The van der Waals surface area contributed by atoms with E-state index in [0.717, 1.165) is 30.5 Å². The average molecular weight is 235 g/mol. The predicted molar refractivity (Wildman–Crippen MR) is 63.6 cm³/mol. The molecule has 0 radical (unpaired) electrons. The number of aromatic carboxylic acids is 1. The highest BCUT2D eigenvalue weighted by molar-refractivity contribution is 5.90. The number of fused-ring (bicyclic) bond motifs is 1. The lowest BCUT2D eigenvalue weighted by Gasteiger charge is -2.22. The minimum atomic E-state index is -0.980. The monoisotopic (exact) mass is 235 g/mol. The molecule has 1 aliphatic rings. The summed E-state index contributed by atoms with van der Waals surface area (Å²) < 4.78 is 5.63. The van der Waals surface area contributed by atoms with Gasteiger partial charge in [0, 0.05) is 5.69 Å². The van der Waals surface area contributed by atoms with E-state index in [0.29, 0.717) is 0 Å². The zero-order valence-corrected chi connectivity index (χ0v) is 10.4. The SMILES string of the molecule is CC(C)(C)Oc1nc2c(cc1C(=O)O)CCC2. The molecule has 2 rings (SSSR count). The van der Waals surface area contributed by atoms with Gasteiger partial charge in [0.15, 0.2) is 0 Å². The molecule has 4 nitrogen and oxygen atoms in total. The summed E-state index contributed by atoms with van der Waals surface area (Å²) in [4.78, 5) is 15.5. The summed E-state index contributed by atoms with van der Waals surface area (Å²) in [6.07, 6.45) is 2.87. The van der Waals surface area contributed by atoms with Crippen LogP contribution in [0.5, 0.6) is 5.88 Å². The lowest BCUT2D eigenvalue weighted by atomic mass is 10.1. The molecule has 0 spiro atoms. The highest BCUT2D eigenvalue weighted by Gasteiger charge is 2.23. The third kappa shape index (κ3) is 2.57. The second kappa shape index (κ2) is 4.02. The second-order valence-electron chi connectivity index (χ2n) is 5.32. The molecule has 0 fully saturated rings. The van der Waals surface area contributed by atoms with Crippen molar-refractivity contribution in [2.75, 3.05) is 0 Å². The number of hydrogen-bond acceptors (Lipinski definition) is 3. The van der Waals surface area contributed by atoms with E-state index in [9.17, 15) is 9.90 Å². The third-order valence-corrected chi connectivity index (χ3v) is 2.65. The Morgan fingerprint density at radius 1 is 1.41 bits per heavy atom. The van der Waals surface area contributed by atoms with Crippen molar-refractivity contribution < 1.29 is 14.6 Å². The number of carboxylic acids is 1. The summed E-state index contributed by atoms with van der Waals surface area (Å²) in [6.45, 7) is 5.65. The van der Waals surface area contributed by atoms with Gasteiger partial charge >= 0.3 is 5.97 Å². The van der Waals surface area contributed by atoms with Gasteiger partial charge in [0.1, 0.15) is 11.2 Å². The number of nitrogens with zero attached hydrogens (tertiary/aromatic N) is 1. The van der Waals surface area contributed by atoms with Crippen molar-refractivity contribution in [2.45, 2.75) is 45.6 Å². The molecule has 0 bridgehead atoms. The maximum Gasteiger partial charge on any atom is 0.341 e. The first-order valence-electron chi connectivity index (χ1n) is 5.82. The van der Waals surface area contributed by atoms with Crippen LogP contribution in [-0.4, -0.2) is 21.7 Å². The largest absolute Gasteiger partial charge is 0.477 e. The normalized spacial score (nSPS) is 14.5. The first kappa shape index (κ1) is 11.9. The van der Waals surface area contributed by atoms with Crippen molar-refractivity contribution in [1.29, 1.82) is 0 Å². The molecule has 0 atom stereocenters. The fraction of sp³-hybridized carbons (Fsp3) is 0.538. The van der Waals surface area contributed by atoms with E-state index in [-0.39, 0.29) is 11.4 Å². The van der Waals surface area contributed by atoms with E-state index in [2.05, 4.69) is 4.98 Å². The Morgan fingerprint density at radius 2 is 2.12 bits per heavy atom. The molecular weight excluding hydrogens is 218 g/mol. The van der Waals surface area contributed by atoms with Crippen molar-refractivity contribution in [1.82, 2.24) is 4.98 Å². The van der Waals surface area contributed by atoms with Crippen LogP contribution in [0.4, 0.5) is 0 Å². The smallest absolute Gasteiger partial charge is 0.341 e. The standard InChI is InChI=1S/C13H17NO3/c1-13(2,3)17-11-9(12(15)16)7-8-5-4-6-10(8)14-11/h7H,4-6H2,1-3H3,(H,15,16). The fourth-order valence-electron chi connectivity index (χ4n) is 1.97. The van der Waals surface area contributed by atoms with Crippen molar-refractivity contribution in [2.24, 2.45) is 0 Å². The van der Waals surface area contributed by atoms with E-state index in [1.54, 1.807) is 6.07 Å². The molecule has 0 amide bonds. The average Bonchev–Trinajstić information content (AvgIpc) is 2.60. The van der Waals surface area contributed by atoms with Crippen molar-refractivity contribution in [3.8, 4) is 5.88 Å². The van der Waals surface area contributed by atoms with E-state index < -0.39 is 11.6 Å². The Bertz CT molecular complexity index is 460. The minimum absolute atomic E-state index is 0.167. The second-order valence-corrected chi connectivity index (χ2v) is 5.32. The highest BCUT2D eigenvalue weighted by atomic mass is 16.5. The van der Waals surface area contributed by atoms with Gasteiger partial charge in [0.25, 0.3) is 0 Å². The molecule has 1 N–H and O–H groups in total. The summed E-state index contributed by atoms with van der Waals surface area (Å²) in [7, 11) is 0. The highest BCUT2D eigenvalue weighted by Crippen LogP contribution is 2.28. The van der Waals surface area contributed by atoms with Gasteiger partial charge in [-0.25, -0.2) is 9.78 Å². The van der Waals surface area contributed by atoms with E-state index in [1.807, 2.05) is 20.8 Å². The molecule has 0 saturated heterocycles. The number of carbonyl (C=O) groups is 1. The van der Waals surface area contributed by atoms with Gasteiger partial charge in [0.05, 0.1) is 0 Å². The van der Waals surface area contributed by atoms with Crippen molar-refractivity contribution in [3.05, 3.63) is 22.9 Å². The Balaban J connectivity index is 2.45. The van der Waals surface area contributed by atoms with Gasteiger partial charge in [-0.3, -0.25) is 0 Å². The molecular formula is C13H17NO3. The first-order chi connectivity index (χ1) is 7.87. The van der Waals surface area contributed by atoms with Gasteiger partial charge in [0.2, 0.25) is 5.88 Å². The number of pyridine rings is 1. The maximum atomic E-state index is 11.2. The molecule has 1 aromatic rings. The first-order valence-corrected chi connectivity index (χ1v) is 5.82. The Kier molecular flexibility index (Phi) is 2.81. The van der Waals surface area contributed by atoms with Gasteiger partial charge < -0.3 is 9.84 Å². The lowest BCUT2D eigenvalue weighted by Crippen LogP contribution is -2.25. The third-order valence-electron chi connectivity index (χ3n) is 2.65.